The monoisotopic (exact) mass is 334 g/mol. The Morgan fingerprint density at radius 1 is 1.45 bits per heavy atom. The molecule has 0 bridgehead atoms. The van der Waals surface area contributed by atoms with Crippen molar-refractivity contribution in [2.45, 2.75) is 32.9 Å². The van der Waals surface area contributed by atoms with Crippen LogP contribution in [0.1, 0.15) is 23.1 Å². The summed E-state index contributed by atoms with van der Waals surface area (Å²) in [6.45, 7) is 4.84. The third-order valence-corrected chi connectivity index (χ3v) is 4.69. The van der Waals surface area contributed by atoms with Gasteiger partial charge in [-0.1, -0.05) is 17.7 Å². The van der Waals surface area contributed by atoms with Gasteiger partial charge in [0, 0.05) is 29.2 Å². The highest BCUT2D eigenvalue weighted by Gasteiger charge is 2.13. The second-order valence-electron chi connectivity index (χ2n) is 5.55. The first-order valence-electron chi connectivity index (χ1n) is 7.24. The Kier molecular flexibility index (Phi) is 4.38. The third-order valence-electron chi connectivity index (χ3n) is 3.63. The molecule has 3 aromatic heterocycles. The Labute approximate surface area is 138 Å². The van der Waals surface area contributed by atoms with Gasteiger partial charge in [0.2, 0.25) is 0 Å². The number of nitrogens with one attached hydrogen (secondary N) is 1. The number of hydrogen-bond acceptors (Lipinski definition) is 4. The van der Waals surface area contributed by atoms with Crippen LogP contribution >= 0.6 is 22.9 Å². The smallest absolute Gasteiger partial charge is 0.152 e. The molecule has 0 saturated carbocycles. The number of hydrogen-bond donors (Lipinski definition) is 2. The van der Waals surface area contributed by atoms with E-state index in [-0.39, 0.29) is 6.04 Å². The van der Waals surface area contributed by atoms with Gasteiger partial charge in [-0.25, -0.2) is 4.52 Å². The molecule has 4 nitrogen and oxygen atoms in total. The molecule has 0 aliphatic carbocycles. The maximum Gasteiger partial charge on any atom is 0.152 e. The summed E-state index contributed by atoms with van der Waals surface area (Å²) in [5.41, 5.74) is 10.3. The van der Waals surface area contributed by atoms with Crippen LogP contribution in [-0.4, -0.2) is 15.7 Å². The minimum Gasteiger partial charge on any atom is -0.378 e. The molecular formula is C16H19ClN4S. The number of rotatable bonds is 5. The van der Waals surface area contributed by atoms with Crippen LogP contribution < -0.4 is 11.1 Å². The maximum atomic E-state index is 6.18. The molecule has 0 aromatic carbocycles. The van der Waals surface area contributed by atoms with E-state index in [1.54, 1.807) is 11.3 Å². The normalized spacial score (nSPS) is 12.7. The van der Waals surface area contributed by atoms with Crippen molar-refractivity contribution in [2.24, 2.45) is 5.73 Å². The quantitative estimate of drug-likeness (QED) is 0.745. The van der Waals surface area contributed by atoms with Crippen molar-refractivity contribution in [3.63, 3.8) is 0 Å². The number of nitrogens with two attached hydrogens (primary N) is 1. The highest BCUT2D eigenvalue weighted by Crippen LogP contribution is 2.26. The Morgan fingerprint density at radius 2 is 2.27 bits per heavy atom. The maximum absolute atomic E-state index is 6.18. The van der Waals surface area contributed by atoms with Crippen LogP contribution in [0.3, 0.4) is 0 Å². The van der Waals surface area contributed by atoms with E-state index in [0.29, 0.717) is 5.15 Å². The predicted octanol–water partition coefficient (Wildman–Crippen LogP) is 3.86. The van der Waals surface area contributed by atoms with Gasteiger partial charge < -0.3 is 11.1 Å². The fraction of sp³-hybridized carbons (Fsp3) is 0.312. The Morgan fingerprint density at radius 3 is 2.95 bits per heavy atom. The fourth-order valence-electron chi connectivity index (χ4n) is 2.58. The molecule has 0 aliphatic rings. The largest absolute Gasteiger partial charge is 0.378 e. The lowest BCUT2D eigenvalue weighted by molar-refractivity contribution is 0.730. The molecular weight excluding hydrogens is 316 g/mol. The number of aromatic nitrogens is 2. The van der Waals surface area contributed by atoms with Gasteiger partial charge >= 0.3 is 0 Å². The van der Waals surface area contributed by atoms with E-state index in [2.05, 4.69) is 40.9 Å². The van der Waals surface area contributed by atoms with Crippen LogP contribution in [0.2, 0.25) is 5.15 Å². The number of thiophene rings is 1. The second-order valence-corrected chi connectivity index (χ2v) is 6.97. The lowest BCUT2D eigenvalue weighted by Crippen LogP contribution is -2.18. The Bertz CT molecular complexity index is 777. The molecule has 0 radical (unpaired) electrons. The summed E-state index contributed by atoms with van der Waals surface area (Å²) in [7, 11) is 0. The molecule has 3 N–H and O–H groups in total. The molecule has 0 amide bonds. The lowest BCUT2D eigenvalue weighted by atomic mass is 10.1. The molecule has 22 heavy (non-hydrogen) atoms. The summed E-state index contributed by atoms with van der Waals surface area (Å²) < 4.78 is 1.90. The van der Waals surface area contributed by atoms with Crippen LogP contribution in [0.4, 0.5) is 5.69 Å². The molecule has 0 unspecified atom stereocenters. The van der Waals surface area contributed by atoms with Gasteiger partial charge in [-0.3, -0.25) is 0 Å². The highest BCUT2D eigenvalue weighted by molar-refractivity contribution is 7.09. The molecule has 1 atom stereocenters. The molecule has 0 fully saturated rings. The van der Waals surface area contributed by atoms with E-state index in [1.165, 1.54) is 10.4 Å². The van der Waals surface area contributed by atoms with Gasteiger partial charge in [-0.05, 0) is 43.3 Å². The Balaban J connectivity index is 1.98. The predicted molar refractivity (Wildman–Crippen MR) is 93.9 cm³/mol. The number of aryl methyl sites for hydroxylation is 1. The molecule has 3 aromatic rings. The first-order valence-corrected chi connectivity index (χ1v) is 8.50. The van der Waals surface area contributed by atoms with E-state index in [0.717, 1.165) is 29.9 Å². The molecule has 3 heterocycles. The van der Waals surface area contributed by atoms with E-state index in [9.17, 15) is 0 Å². The minimum absolute atomic E-state index is 0.120. The highest BCUT2D eigenvalue weighted by atomic mass is 35.5. The number of fused-ring (bicyclic) bond motifs is 1. The van der Waals surface area contributed by atoms with Crippen LogP contribution in [0.15, 0.2) is 29.6 Å². The topological polar surface area (TPSA) is 55.3 Å². The van der Waals surface area contributed by atoms with Crippen molar-refractivity contribution in [3.8, 4) is 0 Å². The standard InChI is InChI=1S/C16H19ClN4S/c1-10(18)6-12-7-15-14(19-9-13-4-3-5-22-13)8-16(17)20-21(15)11(12)2/h3-5,7-8,10,19H,6,9,18H2,1-2H3/t10-/m0/s1. The van der Waals surface area contributed by atoms with Gasteiger partial charge in [0.05, 0.1) is 11.2 Å². The summed E-state index contributed by atoms with van der Waals surface area (Å²) in [6, 6.07) is 8.31. The third kappa shape index (κ3) is 3.11. The van der Waals surface area contributed by atoms with Crippen LogP contribution in [0.25, 0.3) is 5.52 Å². The summed E-state index contributed by atoms with van der Waals surface area (Å²) in [4.78, 5) is 1.28. The first-order chi connectivity index (χ1) is 10.5. The van der Waals surface area contributed by atoms with Gasteiger partial charge in [-0.15, -0.1) is 11.3 Å². The van der Waals surface area contributed by atoms with E-state index in [1.807, 2.05) is 17.5 Å². The first kappa shape index (κ1) is 15.3. The van der Waals surface area contributed by atoms with Gasteiger partial charge in [0.1, 0.15) is 0 Å². The van der Waals surface area contributed by atoms with E-state index >= 15 is 0 Å². The van der Waals surface area contributed by atoms with Crippen LogP contribution in [0.5, 0.6) is 0 Å². The van der Waals surface area contributed by atoms with Crippen LogP contribution in [0, 0.1) is 6.92 Å². The van der Waals surface area contributed by atoms with Gasteiger partial charge in [0.25, 0.3) is 0 Å². The summed E-state index contributed by atoms with van der Waals surface area (Å²) in [6.07, 6.45) is 0.831. The summed E-state index contributed by atoms with van der Waals surface area (Å²) >= 11 is 7.91. The molecule has 3 rings (SSSR count). The lowest BCUT2D eigenvalue weighted by Gasteiger charge is -2.08. The van der Waals surface area contributed by atoms with Crippen molar-refractivity contribution < 1.29 is 0 Å². The molecule has 0 aliphatic heterocycles. The number of halogens is 1. The summed E-state index contributed by atoms with van der Waals surface area (Å²) in [5, 5.41) is 10.4. The molecule has 0 saturated heterocycles. The van der Waals surface area contributed by atoms with Crippen molar-refractivity contribution in [2.75, 3.05) is 5.32 Å². The zero-order valence-electron chi connectivity index (χ0n) is 12.6. The zero-order valence-corrected chi connectivity index (χ0v) is 14.2. The average Bonchev–Trinajstić information content (AvgIpc) is 3.07. The molecule has 6 heteroatoms. The summed E-state index contributed by atoms with van der Waals surface area (Å²) in [5.74, 6) is 0. The van der Waals surface area contributed by atoms with Crippen molar-refractivity contribution in [1.82, 2.24) is 9.61 Å². The fourth-order valence-corrected chi connectivity index (χ4v) is 3.41. The van der Waals surface area contributed by atoms with E-state index < -0.39 is 0 Å². The van der Waals surface area contributed by atoms with Crippen molar-refractivity contribution in [3.05, 3.63) is 50.9 Å². The van der Waals surface area contributed by atoms with Crippen LogP contribution in [-0.2, 0) is 13.0 Å². The molecule has 0 spiro atoms. The molecule has 116 valence electrons. The van der Waals surface area contributed by atoms with E-state index in [4.69, 9.17) is 17.3 Å². The SMILES string of the molecule is Cc1c(C[C@H](C)N)cc2c(NCc3cccs3)cc(Cl)nn12. The number of nitrogens with zero attached hydrogens (tertiary/aromatic N) is 2. The zero-order chi connectivity index (χ0) is 15.7. The van der Waals surface area contributed by atoms with Crippen molar-refractivity contribution in [1.29, 1.82) is 0 Å². The second kappa shape index (κ2) is 6.28. The van der Waals surface area contributed by atoms with Gasteiger partial charge in [-0.2, -0.15) is 5.10 Å². The number of anilines is 1. The minimum atomic E-state index is 0.120. The Hall–Kier alpha value is -1.56. The van der Waals surface area contributed by atoms with Crippen molar-refractivity contribution >= 4 is 34.1 Å². The average molecular weight is 335 g/mol. The van der Waals surface area contributed by atoms with Gasteiger partial charge in [0.15, 0.2) is 5.15 Å².